The predicted molar refractivity (Wildman–Crippen MR) is 120 cm³/mol. The highest BCUT2D eigenvalue weighted by Gasteiger charge is 2.21. The third-order valence-corrected chi connectivity index (χ3v) is 5.76. The maximum atomic E-state index is 12.6. The van der Waals surface area contributed by atoms with E-state index in [2.05, 4.69) is 16.3 Å². The Balaban J connectivity index is 0.00000240. The highest BCUT2D eigenvalue weighted by molar-refractivity contribution is 5.85. The minimum atomic E-state index is 0. The van der Waals surface area contributed by atoms with Gasteiger partial charge in [0.2, 0.25) is 5.91 Å². The molecule has 1 amide bonds. The van der Waals surface area contributed by atoms with Crippen molar-refractivity contribution in [3.8, 4) is 5.75 Å². The Morgan fingerprint density at radius 3 is 2.72 bits per heavy atom. The molecule has 2 aromatic carbocycles. The van der Waals surface area contributed by atoms with E-state index >= 15 is 0 Å². The van der Waals surface area contributed by atoms with E-state index in [1.807, 2.05) is 36.4 Å². The standard InChI is InChI=1S/C23H29N3O2.ClH/c24-20-11-5-12-21-19(20)10-6-14-26(21)16-23(27)25-15-17-7-1-4-13-22(17)28-18-8-2-3-9-18;/h1,4-5,7,11-13,18H,2-3,6,8-10,14-16,24H2,(H,25,27);1H. The zero-order valence-corrected chi connectivity index (χ0v) is 17.5. The molecule has 3 N–H and O–H groups in total. The number of rotatable bonds is 6. The molecular weight excluding hydrogens is 386 g/mol. The van der Waals surface area contributed by atoms with Gasteiger partial charge in [-0.25, -0.2) is 0 Å². The largest absolute Gasteiger partial charge is 0.490 e. The molecule has 0 saturated heterocycles. The third-order valence-electron chi connectivity index (χ3n) is 5.76. The lowest BCUT2D eigenvalue weighted by molar-refractivity contribution is -0.119. The number of nitrogens with one attached hydrogen (secondary N) is 1. The van der Waals surface area contributed by atoms with Crippen LogP contribution >= 0.6 is 12.4 Å². The van der Waals surface area contributed by atoms with Crippen molar-refractivity contribution in [2.24, 2.45) is 0 Å². The molecule has 2 aliphatic rings. The summed E-state index contributed by atoms with van der Waals surface area (Å²) in [6.07, 6.45) is 7.04. The Morgan fingerprint density at radius 2 is 1.90 bits per heavy atom. The summed E-state index contributed by atoms with van der Waals surface area (Å²) in [4.78, 5) is 14.7. The highest BCUT2D eigenvalue weighted by atomic mass is 35.5. The number of para-hydroxylation sites is 1. The molecule has 1 aliphatic heterocycles. The first-order chi connectivity index (χ1) is 13.7. The van der Waals surface area contributed by atoms with E-state index < -0.39 is 0 Å². The maximum Gasteiger partial charge on any atom is 0.239 e. The van der Waals surface area contributed by atoms with Gasteiger partial charge < -0.3 is 20.7 Å². The quantitative estimate of drug-likeness (QED) is 0.697. The van der Waals surface area contributed by atoms with Crippen molar-refractivity contribution in [3.63, 3.8) is 0 Å². The van der Waals surface area contributed by atoms with Crippen molar-refractivity contribution in [2.75, 3.05) is 23.7 Å². The van der Waals surface area contributed by atoms with Gasteiger partial charge in [0.1, 0.15) is 5.75 Å². The van der Waals surface area contributed by atoms with Crippen molar-refractivity contribution >= 4 is 29.7 Å². The molecule has 156 valence electrons. The molecule has 1 aliphatic carbocycles. The topological polar surface area (TPSA) is 67.6 Å². The average molecular weight is 416 g/mol. The minimum Gasteiger partial charge on any atom is -0.490 e. The van der Waals surface area contributed by atoms with E-state index in [0.717, 1.165) is 60.5 Å². The van der Waals surface area contributed by atoms with Crippen LogP contribution in [-0.2, 0) is 17.8 Å². The van der Waals surface area contributed by atoms with Crippen LogP contribution in [0.4, 0.5) is 11.4 Å². The molecule has 2 aromatic rings. The van der Waals surface area contributed by atoms with Crippen molar-refractivity contribution in [3.05, 3.63) is 53.6 Å². The van der Waals surface area contributed by atoms with Gasteiger partial charge in [0.25, 0.3) is 0 Å². The summed E-state index contributed by atoms with van der Waals surface area (Å²) in [7, 11) is 0. The van der Waals surface area contributed by atoms with E-state index in [0.29, 0.717) is 19.2 Å². The summed E-state index contributed by atoms with van der Waals surface area (Å²) >= 11 is 0. The molecule has 29 heavy (non-hydrogen) atoms. The first kappa shape index (κ1) is 21.3. The van der Waals surface area contributed by atoms with Gasteiger partial charge >= 0.3 is 0 Å². The monoisotopic (exact) mass is 415 g/mol. The van der Waals surface area contributed by atoms with E-state index in [-0.39, 0.29) is 18.3 Å². The molecule has 1 fully saturated rings. The molecule has 5 nitrogen and oxygen atoms in total. The molecule has 0 atom stereocenters. The number of nitrogens with two attached hydrogens (primary N) is 1. The molecule has 0 radical (unpaired) electrons. The summed E-state index contributed by atoms with van der Waals surface area (Å²) in [5.74, 6) is 0.914. The molecular formula is C23H30ClN3O2. The van der Waals surface area contributed by atoms with Crippen molar-refractivity contribution in [2.45, 2.75) is 51.2 Å². The fourth-order valence-electron chi connectivity index (χ4n) is 4.27. The highest BCUT2D eigenvalue weighted by Crippen LogP contribution is 2.31. The van der Waals surface area contributed by atoms with Crippen LogP contribution in [0.5, 0.6) is 5.75 Å². The van der Waals surface area contributed by atoms with Gasteiger partial charge in [-0.2, -0.15) is 0 Å². The fraction of sp³-hybridized carbons (Fsp3) is 0.435. The Labute approximate surface area is 179 Å². The first-order valence-electron chi connectivity index (χ1n) is 10.3. The molecule has 0 spiro atoms. The number of halogens is 1. The number of hydrogen-bond donors (Lipinski definition) is 2. The summed E-state index contributed by atoms with van der Waals surface area (Å²) in [6.45, 7) is 1.71. The number of carbonyl (C=O) groups excluding carboxylic acids is 1. The molecule has 0 unspecified atom stereocenters. The van der Waals surface area contributed by atoms with E-state index in [9.17, 15) is 4.79 Å². The van der Waals surface area contributed by atoms with Gasteiger partial charge in [0.05, 0.1) is 12.6 Å². The molecule has 4 rings (SSSR count). The number of hydrogen-bond acceptors (Lipinski definition) is 4. The number of ether oxygens (including phenoxy) is 1. The number of carbonyl (C=O) groups is 1. The number of anilines is 2. The zero-order chi connectivity index (χ0) is 19.3. The maximum absolute atomic E-state index is 12.6. The molecule has 1 heterocycles. The summed E-state index contributed by atoms with van der Waals surface area (Å²) in [5, 5.41) is 3.07. The van der Waals surface area contributed by atoms with Crippen LogP contribution in [0.2, 0.25) is 0 Å². The lowest BCUT2D eigenvalue weighted by Gasteiger charge is -2.31. The van der Waals surface area contributed by atoms with Crippen molar-refractivity contribution in [1.29, 1.82) is 0 Å². The number of amides is 1. The Kier molecular flexibility index (Phi) is 7.26. The van der Waals surface area contributed by atoms with Gasteiger partial charge in [0, 0.05) is 30.0 Å². The number of nitrogens with zero attached hydrogens (tertiary/aromatic N) is 1. The van der Waals surface area contributed by atoms with E-state index in [4.69, 9.17) is 10.5 Å². The van der Waals surface area contributed by atoms with Gasteiger partial charge in [-0.15, -0.1) is 12.4 Å². The smallest absolute Gasteiger partial charge is 0.239 e. The van der Waals surface area contributed by atoms with Gasteiger partial charge in [0.15, 0.2) is 0 Å². The lowest BCUT2D eigenvalue weighted by atomic mass is 10.00. The van der Waals surface area contributed by atoms with E-state index in [1.165, 1.54) is 12.8 Å². The van der Waals surface area contributed by atoms with Crippen LogP contribution in [0.25, 0.3) is 0 Å². The number of fused-ring (bicyclic) bond motifs is 1. The second-order valence-electron chi connectivity index (χ2n) is 7.78. The SMILES string of the molecule is Cl.Nc1cccc2c1CCCN2CC(=O)NCc1ccccc1OC1CCCC1. The van der Waals surface area contributed by atoms with Crippen LogP contribution in [0.15, 0.2) is 42.5 Å². The van der Waals surface area contributed by atoms with E-state index in [1.54, 1.807) is 0 Å². The van der Waals surface area contributed by atoms with Crippen LogP contribution in [0.1, 0.15) is 43.2 Å². The predicted octanol–water partition coefficient (Wildman–Crippen LogP) is 4.08. The minimum absolute atomic E-state index is 0. The molecule has 0 aromatic heterocycles. The van der Waals surface area contributed by atoms with Gasteiger partial charge in [-0.1, -0.05) is 24.3 Å². The second kappa shape index (κ2) is 9.88. The zero-order valence-electron chi connectivity index (χ0n) is 16.7. The summed E-state index contributed by atoms with van der Waals surface area (Å²) in [6, 6.07) is 14.0. The Hall–Kier alpha value is -2.40. The number of nitrogen functional groups attached to an aromatic ring is 1. The lowest BCUT2D eigenvalue weighted by Crippen LogP contribution is -2.39. The third kappa shape index (κ3) is 5.15. The average Bonchev–Trinajstić information content (AvgIpc) is 3.21. The van der Waals surface area contributed by atoms with Crippen LogP contribution in [0.3, 0.4) is 0 Å². The van der Waals surface area contributed by atoms with Crippen LogP contribution < -0.4 is 20.7 Å². The Morgan fingerprint density at radius 1 is 1.10 bits per heavy atom. The fourth-order valence-corrected chi connectivity index (χ4v) is 4.27. The van der Waals surface area contributed by atoms with Crippen LogP contribution in [-0.4, -0.2) is 25.1 Å². The number of benzene rings is 2. The Bertz CT molecular complexity index is 837. The summed E-state index contributed by atoms with van der Waals surface area (Å²) in [5.41, 5.74) is 10.2. The first-order valence-corrected chi connectivity index (χ1v) is 10.3. The molecule has 0 bridgehead atoms. The van der Waals surface area contributed by atoms with Crippen LogP contribution in [0, 0.1) is 0 Å². The van der Waals surface area contributed by atoms with Gasteiger partial charge in [-0.05, 0) is 62.3 Å². The normalized spacial score (nSPS) is 16.1. The van der Waals surface area contributed by atoms with Crippen molar-refractivity contribution < 1.29 is 9.53 Å². The second-order valence-corrected chi connectivity index (χ2v) is 7.78. The molecule has 1 saturated carbocycles. The van der Waals surface area contributed by atoms with Crippen molar-refractivity contribution in [1.82, 2.24) is 5.32 Å². The van der Waals surface area contributed by atoms with Gasteiger partial charge in [-0.3, -0.25) is 4.79 Å². The molecule has 6 heteroatoms. The summed E-state index contributed by atoms with van der Waals surface area (Å²) < 4.78 is 6.17.